The summed E-state index contributed by atoms with van der Waals surface area (Å²) in [6.45, 7) is 3.96. The lowest BCUT2D eigenvalue weighted by Gasteiger charge is -2.26. The Balaban J connectivity index is 4.46. The van der Waals surface area contributed by atoms with Crippen molar-refractivity contribution < 1.29 is 49.4 Å². The Morgan fingerprint density at radius 3 is 1.31 bits per heavy atom. The first-order valence-corrected chi connectivity index (χ1v) is 23.4. The fourth-order valence-electron chi connectivity index (χ4n) is 6.68. The standard InChI is InChI=1S/C47H87NO10/c1-3-5-7-9-11-13-15-17-19-21-23-25-27-29-31-33-37-57-42(51)36-35-40(48-46(55)45(54)44(53)43(52)41(50)39-49)47(56)58-38-34-32-30-28-26-24-22-20-18-16-14-12-10-8-6-4-2/h17-20,40-41,43-45,49-50,52-54H,3-16,21-39H2,1-2H3,(H,48,55)/b19-17-,20-18-/t40-,41-,43-,44-,45-/m0/s1. The molecule has 340 valence electrons. The molecule has 6 N–H and O–H groups in total. The molecular formula is C47H87NO10. The van der Waals surface area contributed by atoms with Gasteiger partial charge >= 0.3 is 11.9 Å². The lowest BCUT2D eigenvalue weighted by atomic mass is 10.0. The Hall–Kier alpha value is -2.31. The molecule has 58 heavy (non-hydrogen) atoms. The van der Waals surface area contributed by atoms with Crippen molar-refractivity contribution >= 4 is 17.8 Å². The highest BCUT2D eigenvalue weighted by atomic mass is 16.5. The minimum absolute atomic E-state index is 0.124. The van der Waals surface area contributed by atoms with Gasteiger partial charge in [-0.25, -0.2) is 4.79 Å². The van der Waals surface area contributed by atoms with Gasteiger partial charge in [-0.3, -0.25) is 9.59 Å². The number of unbranched alkanes of at least 4 members (excludes halogenated alkanes) is 24. The van der Waals surface area contributed by atoms with Crippen LogP contribution in [0.1, 0.15) is 206 Å². The monoisotopic (exact) mass is 826 g/mol. The first-order valence-electron chi connectivity index (χ1n) is 23.4. The van der Waals surface area contributed by atoms with Gasteiger partial charge in [-0.05, 0) is 70.6 Å². The predicted octanol–water partition coefficient (Wildman–Crippen LogP) is 8.85. The highest BCUT2D eigenvalue weighted by molar-refractivity contribution is 5.87. The smallest absolute Gasteiger partial charge is 0.328 e. The van der Waals surface area contributed by atoms with Gasteiger partial charge in [-0.15, -0.1) is 0 Å². The molecule has 0 heterocycles. The van der Waals surface area contributed by atoms with Crippen LogP contribution in [0.2, 0.25) is 0 Å². The molecule has 5 atom stereocenters. The molecule has 0 spiro atoms. The summed E-state index contributed by atoms with van der Waals surface area (Å²) >= 11 is 0. The van der Waals surface area contributed by atoms with Crippen molar-refractivity contribution in [3.63, 3.8) is 0 Å². The SMILES string of the molecule is CCCCCCCC/C=C\CCCCCCCCOC(=O)CC[C@H](NC(=O)[C@@H](O)[C@@H](O)[C@@H](O)[C@@H](O)CO)C(=O)OCCCCCCCC/C=C\CCCCCCCC. The van der Waals surface area contributed by atoms with Gasteiger partial charge in [0.15, 0.2) is 6.10 Å². The van der Waals surface area contributed by atoms with Crippen LogP contribution in [-0.4, -0.2) is 93.7 Å². The topological polar surface area (TPSA) is 183 Å². The molecule has 0 rings (SSSR count). The maximum Gasteiger partial charge on any atom is 0.328 e. The number of esters is 2. The number of rotatable bonds is 42. The molecule has 0 aromatic heterocycles. The Morgan fingerprint density at radius 1 is 0.517 bits per heavy atom. The maximum absolute atomic E-state index is 13.0. The van der Waals surface area contributed by atoms with Crippen molar-refractivity contribution in [2.45, 2.75) is 237 Å². The van der Waals surface area contributed by atoms with Gasteiger partial charge in [0.2, 0.25) is 0 Å². The van der Waals surface area contributed by atoms with Crippen molar-refractivity contribution in [3.05, 3.63) is 24.3 Å². The van der Waals surface area contributed by atoms with E-state index in [1.165, 1.54) is 96.3 Å². The van der Waals surface area contributed by atoms with Gasteiger partial charge in [0.1, 0.15) is 24.4 Å². The molecule has 0 saturated heterocycles. The van der Waals surface area contributed by atoms with E-state index < -0.39 is 54.9 Å². The van der Waals surface area contributed by atoms with Crippen LogP contribution in [0.4, 0.5) is 0 Å². The molecule has 0 aromatic rings. The number of hydrogen-bond donors (Lipinski definition) is 6. The molecule has 0 aliphatic heterocycles. The van der Waals surface area contributed by atoms with E-state index in [9.17, 15) is 34.8 Å². The molecule has 11 heteroatoms. The largest absolute Gasteiger partial charge is 0.466 e. The van der Waals surface area contributed by atoms with Gasteiger partial charge in [0.05, 0.1) is 19.8 Å². The third-order valence-corrected chi connectivity index (χ3v) is 10.6. The highest BCUT2D eigenvalue weighted by Crippen LogP contribution is 2.13. The van der Waals surface area contributed by atoms with Crippen LogP contribution >= 0.6 is 0 Å². The van der Waals surface area contributed by atoms with E-state index in [-0.39, 0.29) is 26.1 Å². The molecule has 11 nitrogen and oxygen atoms in total. The van der Waals surface area contributed by atoms with Crippen LogP contribution in [0.5, 0.6) is 0 Å². The van der Waals surface area contributed by atoms with E-state index in [1.54, 1.807) is 0 Å². The summed E-state index contributed by atoms with van der Waals surface area (Å²) in [4.78, 5) is 38.2. The number of nitrogens with one attached hydrogen (secondary N) is 1. The summed E-state index contributed by atoms with van der Waals surface area (Å²) < 4.78 is 10.8. The van der Waals surface area contributed by atoms with Gasteiger partial charge in [-0.1, -0.05) is 154 Å². The fourth-order valence-corrected chi connectivity index (χ4v) is 6.68. The number of carbonyl (C=O) groups excluding carboxylic acids is 3. The van der Waals surface area contributed by atoms with Crippen molar-refractivity contribution in [1.29, 1.82) is 0 Å². The second kappa shape index (κ2) is 41.4. The quantitative estimate of drug-likeness (QED) is 0.0198. The van der Waals surface area contributed by atoms with Crippen molar-refractivity contribution in [2.75, 3.05) is 19.8 Å². The second-order valence-corrected chi connectivity index (χ2v) is 16.0. The number of ether oxygens (including phenoxy) is 2. The first-order chi connectivity index (χ1) is 28.2. The molecule has 0 aromatic carbocycles. The van der Waals surface area contributed by atoms with E-state index >= 15 is 0 Å². The van der Waals surface area contributed by atoms with Gasteiger partial charge < -0.3 is 40.3 Å². The molecule has 0 aliphatic carbocycles. The average Bonchev–Trinajstić information content (AvgIpc) is 3.23. The third kappa shape index (κ3) is 33.5. The van der Waals surface area contributed by atoms with Crippen LogP contribution in [0, 0.1) is 0 Å². The Labute approximate surface area is 352 Å². The zero-order valence-corrected chi connectivity index (χ0v) is 36.8. The van der Waals surface area contributed by atoms with E-state index in [4.69, 9.17) is 14.6 Å². The van der Waals surface area contributed by atoms with Gasteiger partial charge in [0.25, 0.3) is 5.91 Å². The zero-order chi connectivity index (χ0) is 42.9. The minimum atomic E-state index is -2.22. The van der Waals surface area contributed by atoms with Gasteiger partial charge in [0, 0.05) is 6.42 Å². The normalized spacial score (nSPS) is 14.4. The predicted molar refractivity (Wildman–Crippen MR) is 233 cm³/mol. The zero-order valence-electron chi connectivity index (χ0n) is 36.8. The molecule has 0 bridgehead atoms. The van der Waals surface area contributed by atoms with Crippen LogP contribution in [0.25, 0.3) is 0 Å². The average molecular weight is 826 g/mol. The molecular weight excluding hydrogens is 739 g/mol. The number of aliphatic hydroxyl groups excluding tert-OH is 5. The highest BCUT2D eigenvalue weighted by Gasteiger charge is 2.36. The van der Waals surface area contributed by atoms with Crippen molar-refractivity contribution in [2.24, 2.45) is 0 Å². The van der Waals surface area contributed by atoms with E-state index in [1.807, 2.05) is 0 Å². The summed E-state index contributed by atoms with van der Waals surface area (Å²) in [5.74, 6) is -2.52. The second-order valence-electron chi connectivity index (χ2n) is 16.0. The van der Waals surface area contributed by atoms with E-state index in [0.717, 1.165) is 77.0 Å². The first kappa shape index (κ1) is 55.7. The maximum atomic E-state index is 13.0. The molecule has 1 amide bonds. The lowest BCUT2D eigenvalue weighted by molar-refractivity contribution is -0.155. The third-order valence-electron chi connectivity index (χ3n) is 10.6. The summed E-state index contributed by atoms with van der Waals surface area (Å²) in [6, 6.07) is -1.32. The summed E-state index contributed by atoms with van der Waals surface area (Å²) in [5.41, 5.74) is 0. The number of amides is 1. The number of hydrogen-bond acceptors (Lipinski definition) is 10. The van der Waals surface area contributed by atoms with Crippen LogP contribution in [0.15, 0.2) is 24.3 Å². The number of aliphatic hydroxyl groups is 5. The lowest BCUT2D eigenvalue weighted by Crippen LogP contribution is -2.54. The van der Waals surface area contributed by atoms with Crippen molar-refractivity contribution in [1.82, 2.24) is 5.32 Å². The molecule has 0 saturated carbocycles. The molecule has 0 fully saturated rings. The van der Waals surface area contributed by atoms with Crippen LogP contribution < -0.4 is 5.32 Å². The number of allylic oxidation sites excluding steroid dienone is 4. The minimum Gasteiger partial charge on any atom is -0.466 e. The van der Waals surface area contributed by atoms with Gasteiger partial charge in [-0.2, -0.15) is 0 Å². The summed E-state index contributed by atoms with van der Waals surface area (Å²) in [5, 5.41) is 51.3. The summed E-state index contributed by atoms with van der Waals surface area (Å²) in [6.07, 6.45) is 33.3. The Morgan fingerprint density at radius 2 is 0.897 bits per heavy atom. The number of carbonyl (C=O) groups is 3. The Bertz CT molecular complexity index is 1020. The summed E-state index contributed by atoms with van der Waals surface area (Å²) in [7, 11) is 0. The molecule has 0 unspecified atom stereocenters. The fraction of sp³-hybridized carbons (Fsp3) is 0.851. The van der Waals surface area contributed by atoms with Crippen molar-refractivity contribution in [3.8, 4) is 0 Å². The Kier molecular flexibility index (Phi) is 39.8. The van der Waals surface area contributed by atoms with E-state index in [2.05, 4.69) is 43.5 Å². The molecule has 0 radical (unpaired) electrons. The van der Waals surface area contributed by atoms with E-state index in [0.29, 0.717) is 6.42 Å². The van der Waals surface area contributed by atoms with Crippen LogP contribution in [0.3, 0.4) is 0 Å². The van der Waals surface area contributed by atoms with Crippen LogP contribution in [-0.2, 0) is 23.9 Å². The molecule has 0 aliphatic rings.